The zero-order valence-corrected chi connectivity index (χ0v) is 15.6. The van der Waals surface area contributed by atoms with Crippen molar-refractivity contribution in [3.05, 3.63) is 64.7 Å². The van der Waals surface area contributed by atoms with E-state index in [-0.39, 0.29) is 0 Å². The van der Waals surface area contributed by atoms with Crippen molar-refractivity contribution in [2.45, 2.75) is 32.3 Å². The number of hydrogen-bond acceptors (Lipinski definition) is 4. The standard InChI is InChI=1S/C22H25NO4/c1-2-26-21(22(24)25)15-16-7-9-18(10-8-16)27-14-12-17-11-13-23-20-6-4-3-5-19(17)20/h3-10,21H,2,11-15H2,1H3,(H,24,25). The van der Waals surface area contributed by atoms with Gasteiger partial charge >= 0.3 is 5.97 Å². The summed E-state index contributed by atoms with van der Waals surface area (Å²) >= 11 is 0. The topological polar surface area (TPSA) is 68.1 Å². The van der Waals surface area contributed by atoms with Gasteiger partial charge in [-0.1, -0.05) is 35.9 Å². The predicted molar refractivity (Wildman–Crippen MR) is 103 cm³/mol. The zero-order valence-electron chi connectivity index (χ0n) is 15.6. The van der Waals surface area contributed by atoms with Crippen LogP contribution in [0.4, 0.5) is 0 Å². The molecule has 5 nitrogen and oxygen atoms in total. The average molecular weight is 367 g/mol. The van der Waals surface area contributed by atoms with Gasteiger partial charge in [0.15, 0.2) is 6.10 Å². The highest BCUT2D eigenvalue weighted by Gasteiger charge is 2.17. The van der Waals surface area contributed by atoms with Crippen LogP contribution in [0.25, 0.3) is 5.57 Å². The summed E-state index contributed by atoms with van der Waals surface area (Å²) in [4.78, 5) is 15.7. The molecule has 3 rings (SSSR count). The van der Waals surface area contributed by atoms with E-state index in [1.165, 1.54) is 10.8 Å². The summed E-state index contributed by atoms with van der Waals surface area (Å²) in [7, 11) is 0. The van der Waals surface area contributed by atoms with E-state index >= 15 is 0 Å². The van der Waals surface area contributed by atoms with Gasteiger partial charge in [0.25, 0.3) is 0 Å². The molecule has 0 saturated heterocycles. The molecule has 1 aliphatic rings. The molecule has 1 aliphatic heterocycles. The number of ether oxygens (including phenoxy) is 2. The van der Waals surface area contributed by atoms with E-state index in [1.807, 2.05) is 36.4 Å². The number of rotatable bonds is 9. The second-order valence-electron chi connectivity index (χ2n) is 6.48. The number of hydrogen-bond donors (Lipinski definition) is 1. The minimum atomic E-state index is -0.936. The second-order valence-corrected chi connectivity index (χ2v) is 6.48. The average Bonchev–Trinajstić information content (AvgIpc) is 2.69. The molecule has 1 N–H and O–H groups in total. The minimum Gasteiger partial charge on any atom is -0.493 e. The van der Waals surface area contributed by atoms with Gasteiger partial charge in [-0.05, 0) is 42.3 Å². The number of fused-ring (bicyclic) bond motifs is 1. The van der Waals surface area contributed by atoms with Gasteiger partial charge in [0, 0.05) is 26.0 Å². The van der Waals surface area contributed by atoms with Gasteiger partial charge in [0.05, 0.1) is 12.0 Å². The molecule has 0 amide bonds. The molecule has 0 bridgehead atoms. The number of aliphatic carboxylic acids is 1. The van der Waals surface area contributed by atoms with E-state index in [9.17, 15) is 9.90 Å². The fraction of sp³-hybridized carbons (Fsp3) is 0.364. The van der Waals surface area contributed by atoms with Crippen LogP contribution < -0.4 is 15.3 Å². The summed E-state index contributed by atoms with van der Waals surface area (Å²) in [6.07, 6.45) is 1.39. The Bertz CT molecular complexity index is 889. The molecule has 1 unspecified atom stereocenters. The maximum atomic E-state index is 11.2. The van der Waals surface area contributed by atoms with Crippen LogP contribution in [0, 0.1) is 0 Å². The highest BCUT2D eigenvalue weighted by Crippen LogP contribution is 2.16. The van der Waals surface area contributed by atoms with Crippen molar-refractivity contribution >= 4 is 11.5 Å². The third-order valence-corrected chi connectivity index (χ3v) is 4.64. The SMILES string of the molecule is CCOC(Cc1ccc(OCCC2=c3ccccc3=NCC2)cc1)C(=O)O. The third kappa shape index (κ3) is 5.17. The monoisotopic (exact) mass is 367 g/mol. The van der Waals surface area contributed by atoms with E-state index in [2.05, 4.69) is 17.1 Å². The van der Waals surface area contributed by atoms with Crippen LogP contribution in [-0.2, 0) is 16.0 Å². The summed E-state index contributed by atoms with van der Waals surface area (Å²) in [6.45, 7) is 3.63. The molecule has 1 atom stereocenters. The lowest BCUT2D eigenvalue weighted by molar-refractivity contribution is -0.149. The fourth-order valence-electron chi connectivity index (χ4n) is 3.26. The van der Waals surface area contributed by atoms with E-state index in [0.717, 1.165) is 36.1 Å². The number of carboxylic acids is 1. The Hall–Kier alpha value is -2.66. The normalized spacial score (nSPS) is 14.2. The lowest BCUT2D eigenvalue weighted by Gasteiger charge is -2.14. The first-order valence-electron chi connectivity index (χ1n) is 9.35. The highest BCUT2D eigenvalue weighted by molar-refractivity contribution is 5.72. The molecular formula is C22H25NO4. The fourth-order valence-corrected chi connectivity index (χ4v) is 3.26. The van der Waals surface area contributed by atoms with Crippen molar-refractivity contribution < 1.29 is 19.4 Å². The van der Waals surface area contributed by atoms with Gasteiger partial charge < -0.3 is 14.6 Å². The maximum absolute atomic E-state index is 11.2. The Kier molecular flexibility index (Phi) is 6.60. The van der Waals surface area contributed by atoms with Crippen LogP contribution in [-0.4, -0.2) is 36.9 Å². The molecule has 0 fully saturated rings. The Balaban J connectivity index is 1.57. The Morgan fingerprint density at radius 3 is 2.70 bits per heavy atom. The van der Waals surface area contributed by atoms with E-state index in [0.29, 0.717) is 19.6 Å². The van der Waals surface area contributed by atoms with Crippen LogP contribution in [0.15, 0.2) is 53.5 Å². The molecule has 0 radical (unpaired) electrons. The Labute approximate surface area is 159 Å². The molecule has 0 aromatic heterocycles. The summed E-state index contributed by atoms with van der Waals surface area (Å²) in [5, 5.41) is 11.5. The summed E-state index contributed by atoms with van der Waals surface area (Å²) in [5.41, 5.74) is 2.30. The molecule has 27 heavy (non-hydrogen) atoms. The first-order chi connectivity index (χ1) is 13.2. The molecule has 5 heteroatoms. The van der Waals surface area contributed by atoms with Crippen molar-refractivity contribution in [1.82, 2.24) is 0 Å². The van der Waals surface area contributed by atoms with Gasteiger partial charge in [-0.3, -0.25) is 4.99 Å². The van der Waals surface area contributed by atoms with Crippen LogP contribution in [0.2, 0.25) is 0 Å². The molecule has 1 heterocycles. The van der Waals surface area contributed by atoms with E-state index < -0.39 is 12.1 Å². The molecule has 2 aromatic carbocycles. The first kappa shape index (κ1) is 19.1. The quantitative estimate of drug-likeness (QED) is 0.739. The number of carbonyl (C=O) groups is 1. The lowest BCUT2D eigenvalue weighted by atomic mass is 10.0. The predicted octanol–water partition coefficient (Wildman–Crippen LogP) is 2.36. The number of para-hydroxylation sites is 1. The smallest absolute Gasteiger partial charge is 0.333 e. The van der Waals surface area contributed by atoms with Crippen molar-refractivity contribution in [2.75, 3.05) is 19.8 Å². The van der Waals surface area contributed by atoms with Gasteiger partial charge in [0.2, 0.25) is 0 Å². The van der Waals surface area contributed by atoms with Gasteiger partial charge in [0.1, 0.15) is 5.75 Å². The molecular weight excluding hydrogens is 342 g/mol. The van der Waals surface area contributed by atoms with E-state index in [4.69, 9.17) is 9.47 Å². The molecule has 0 spiro atoms. The van der Waals surface area contributed by atoms with Gasteiger partial charge in [-0.25, -0.2) is 4.79 Å². The number of benzene rings is 2. The molecule has 2 aromatic rings. The second kappa shape index (κ2) is 9.33. The van der Waals surface area contributed by atoms with Gasteiger partial charge in [-0.15, -0.1) is 0 Å². The summed E-state index contributed by atoms with van der Waals surface area (Å²) in [5.74, 6) is -0.148. The van der Waals surface area contributed by atoms with Crippen molar-refractivity contribution in [1.29, 1.82) is 0 Å². The van der Waals surface area contributed by atoms with Crippen LogP contribution in [0.3, 0.4) is 0 Å². The summed E-state index contributed by atoms with van der Waals surface area (Å²) < 4.78 is 11.1. The molecule has 0 aliphatic carbocycles. The van der Waals surface area contributed by atoms with Gasteiger partial charge in [-0.2, -0.15) is 0 Å². The maximum Gasteiger partial charge on any atom is 0.333 e. The zero-order chi connectivity index (χ0) is 19.1. The first-order valence-corrected chi connectivity index (χ1v) is 9.35. The third-order valence-electron chi connectivity index (χ3n) is 4.64. The van der Waals surface area contributed by atoms with E-state index in [1.54, 1.807) is 6.92 Å². The number of carboxylic acid groups (broad SMARTS) is 1. The van der Waals surface area contributed by atoms with Crippen molar-refractivity contribution in [3.8, 4) is 5.75 Å². The Morgan fingerprint density at radius 1 is 1.19 bits per heavy atom. The largest absolute Gasteiger partial charge is 0.493 e. The van der Waals surface area contributed by atoms with Crippen LogP contribution >= 0.6 is 0 Å². The molecule has 142 valence electrons. The highest BCUT2D eigenvalue weighted by atomic mass is 16.5. The lowest BCUT2D eigenvalue weighted by Crippen LogP contribution is -2.31. The van der Waals surface area contributed by atoms with Crippen LogP contribution in [0.1, 0.15) is 25.3 Å². The van der Waals surface area contributed by atoms with Crippen LogP contribution in [0.5, 0.6) is 5.75 Å². The van der Waals surface area contributed by atoms with Crippen molar-refractivity contribution in [3.63, 3.8) is 0 Å². The van der Waals surface area contributed by atoms with Crippen molar-refractivity contribution in [2.24, 2.45) is 4.99 Å². The Morgan fingerprint density at radius 2 is 1.96 bits per heavy atom. The molecule has 0 saturated carbocycles. The summed E-state index contributed by atoms with van der Waals surface area (Å²) in [6, 6.07) is 15.8. The number of nitrogens with zero attached hydrogens (tertiary/aromatic N) is 1. The minimum absolute atomic E-state index is 0.349.